The Bertz CT molecular complexity index is 956. The fourth-order valence-electron chi connectivity index (χ4n) is 3.36. The molecule has 1 aromatic carbocycles. The lowest BCUT2D eigenvalue weighted by molar-refractivity contribution is 0.0648. The molecule has 5 nitrogen and oxygen atoms in total. The summed E-state index contributed by atoms with van der Waals surface area (Å²) in [6.45, 7) is 8.66. The first-order valence-electron chi connectivity index (χ1n) is 8.83. The molecule has 3 heterocycles. The molecule has 1 amide bonds. The molecule has 0 aliphatic carbocycles. The number of hydrogen-bond donors (Lipinski definition) is 0. The number of aromatic nitrogens is 2. The number of aryl methyl sites for hydroxylation is 1. The molecule has 136 valence electrons. The van der Waals surface area contributed by atoms with Crippen LogP contribution in [0, 0.1) is 6.92 Å². The highest BCUT2D eigenvalue weighted by molar-refractivity contribution is 7.20. The van der Waals surface area contributed by atoms with Crippen molar-refractivity contribution in [3.63, 3.8) is 0 Å². The maximum Gasteiger partial charge on any atom is 0.264 e. The molecule has 26 heavy (non-hydrogen) atoms. The van der Waals surface area contributed by atoms with Gasteiger partial charge in [-0.3, -0.25) is 4.79 Å². The third kappa shape index (κ3) is 3.13. The smallest absolute Gasteiger partial charge is 0.264 e. The molecule has 0 bridgehead atoms. The van der Waals surface area contributed by atoms with Gasteiger partial charge in [0.1, 0.15) is 4.83 Å². The van der Waals surface area contributed by atoms with Gasteiger partial charge in [0.05, 0.1) is 16.3 Å². The lowest BCUT2D eigenvalue weighted by Crippen LogP contribution is -2.48. The van der Waals surface area contributed by atoms with E-state index in [0.29, 0.717) is 5.02 Å². The molecule has 4 rings (SSSR count). The van der Waals surface area contributed by atoms with E-state index >= 15 is 0 Å². The Hall–Kier alpha value is -1.89. The highest BCUT2D eigenvalue weighted by Crippen LogP contribution is 2.31. The van der Waals surface area contributed by atoms with Gasteiger partial charge in [0, 0.05) is 36.6 Å². The van der Waals surface area contributed by atoms with E-state index in [1.54, 1.807) is 0 Å². The Kier molecular flexibility index (Phi) is 4.73. The average Bonchev–Trinajstić information content (AvgIpc) is 3.22. The second kappa shape index (κ2) is 7.02. The Morgan fingerprint density at radius 1 is 1.23 bits per heavy atom. The number of fused-ring (bicyclic) bond motifs is 1. The van der Waals surface area contributed by atoms with E-state index in [4.69, 9.17) is 11.6 Å². The summed E-state index contributed by atoms with van der Waals surface area (Å²) in [4.78, 5) is 19.0. The van der Waals surface area contributed by atoms with Crippen molar-refractivity contribution in [2.24, 2.45) is 0 Å². The van der Waals surface area contributed by atoms with E-state index in [9.17, 15) is 4.79 Å². The lowest BCUT2D eigenvalue weighted by Gasteiger charge is -2.33. The molecular formula is C19H21ClN4OS. The largest absolute Gasteiger partial charge is 0.335 e. The van der Waals surface area contributed by atoms with Crippen LogP contribution >= 0.6 is 22.9 Å². The Balaban J connectivity index is 1.66. The van der Waals surface area contributed by atoms with Gasteiger partial charge >= 0.3 is 0 Å². The van der Waals surface area contributed by atoms with E-state index < -0.39 is 0 Å². The van der Waals surface area contributed by atoms with Crippen LogP contribution in [0.25, 0.3) is 15.9 Å². The predicted molar refractivity (Wildman–Crippen MR) is 107 cm³/mol. The van der Waals surface area contributed by atoms with Crippen LogP contribution in [-0.4, -0.2) is 58.2 Å². The van der Waals surface area contributed by atoms with Gasteiger partial charge in [0.2, 0.25) is 0 Å². The van der Waals surface area contributed by atoms with Crippen molar-refractivity contribution in [3.8, 4) is 5.69 Å². The average molecular weight is 389 g/mol. The molecule has 0 spiro atoms. The molecule has 1 saturated heterocycles. The van der Waals surface area contributed by atoms with Crippen molar-refractivity contribution in [2.75, 3.05) is 32.7 Å². The molecular weight excluding hydrogens is 368 g/mol. The molecule has 0 saturated carbocycles. The van der Waals surface area contributed by atoms with Gasteiger partial charge in [-0.1, -0.05) is 24.6 Å². The van der Waals surface area contributed by atoms with Gasteiger partial charge < -0.3 is 9.80 Å². The third-order valence-corrected chi connectivity index (χ3v) is 6.25. The molecule has 1 fully saturated rings. The van der Waals surface area contributed by atoms with Crippen LogP contribution in [-0.2, 0) is 0 Å². The normalized spacial score (nSPS) is 15.7. The number of amides is 1. The molecule has 3 aromatic rings. The standard InChI is InChI=1S/C19H21ClN4OS/c1-3-22-7-9-23(10-8-22)18(25)17-12-16-13(2)21-24(19(16)26-17)15-6-4-5-14(20)11-15/h4-6,11-12H,3,7-10H2,1-2H3. The quantitative estimate of drug-likeness (QED) is 0.684. The summed E-state index contributed by atoms with van der Waals surface area (Å²) in [7, 11) is 0. The first kappa shape index (κ1) is 17.5. The van der Waals surface area contributed by atoms with Crippen LogP contribution in [0.15, 0.2) is 30.3 Å². The second-order valence-electron chi connectivity index (χ2n) is 6.53. The predicted octanol–water partition coefficient (Wildman–Crippen LogP) is 3.83. The van der Waals surface area contributed by atoms with Gasteiger partial charge in [-0.25, -0.2) is 4.68 Å². The number of hydrogen-bond acceptors (Lipinski definition) is 4. The minimum atomic E-state index is 0.124. The molecule has 0 N–H and O–H groups in total. The molecule has 2 aromatic heterocycles. The Morgan fingerprint density at radius 2 is 2.00 bits per heavy atom. The topological polar surface area (TPSA) is 41.4 Å². The number of benzene rings is 1. The van der Waals surface area contributed by atoms with Crippen LogP contribution in [0.5, 0.6) is 0 Å². The highest BCUT2D eigenvalue weighted by Gasteiger charge is 2.24. The fraction of sp³-hybridized carbons (Fsp3) is 0.368. The first-order valence-corrected chi connectivity index (χ1v) is 10.0. The van der Waals surface area contributed by atoms with E-state index in [1.165, 1.54) is 11.3 Å². The molecule has 0 atom stereocenters. The number of thiophene rings is 1. The van der Waals surface area contributed by atoms with Crippen molar-refractivity contribution < 1.29 is 4.79 Å². The number of likely N-dealkylation sites (N-methyl/N-ethyl adjacent to an activating group) is 1. The SMILES string of the molecule is CCN1CCN(C(=O)c2cc3c(C)nn(-c4cccc(Cl)c4)c3s2)CC1. The number of nitrogens with zero attached hydrogens (tertiary/aromatic N) is 4. The van der Waals surface area contributed by atoms with Crippen LogP contribution in [0.4, 0.5) is 0 Å². The number of carbonyl (C=O) groups excluding carboxylic acids is 1. The monoisotopic (exact) mass is 388 g/mol. The Morgan fingerprint density at radius 3 is 2.69 bits per heavy atom. The maximum absolute atomic E-state index is 12.9. The van der Waals surface area contributed by atoms with Crippen molar-refractivity contribution in [3.05, 3.63) is 45.9 Å². The summed E-state index contributed by atoms with van der Waals surface area (Å²) in [5.41, 5.74) is 1.83. The molecule has 1 aliphatic heterocycles. The van der Waals surface area contributed by atoms with Crippen LogP contribution in [0.2, 0.25) is 5.02 Å². The second-order valence-corrected chi connectivity index (χ2v) is 8.00. The van der Waals surface area contributed by atoms with Crippen molar-refractivity contribution >= 4 is 39.1 Å². The zero-order valence-electron chi connectivity index (χ0n) is 14.9. The molecule has 1 aliphatic rings. The highest BCUT2D eigenvalue weighted by atomic mass is 35.5. The van der Waals surface area contributed by atoms with E-state index in [2.05, 4.69) is 16.9 Å². The van der Waals surface area contributed by atoms with Crippen molar-refractivity contribution in [1.82, 2.24) is 19.6 Å². The van der Waals surface area contributed by atoms with Gasteiger partial charge in [0.25, 0.3) is 5.91 Å². The van der Waals surface area contributed by atoms with E-state index in [0.717, 1.165) is 59.2 Å². The summed E-state index contributed by atoms with van der Waals surface area (Å²) in [6.07, 6.45) is 0. The summed E-state index contributed by atoms with van der Waals surface area (Å²) in [6, 6.07) is 9.60. The number of halogens is 1. The van der Waals surface area contributed by atoms with Gasteiger partial charge in [-0.15, -0.1) is 11.3 Å². The fourth-order valence-corrected chi connectivity index (χ4v) is 4.69. The third-order valence-electron chi connectivity index (χ3n) is 4.91. The molecule has 0 radical (unpaired) electrons. The van der Waals surface area contributed by atoms with Gasteiger partial charge in [-0.05, 0) is 37.7 Å². The van der Waals surface area contributed by atoms with Crippen LogP contribution in [0.3, 0.4) is 0 Å². The van der Waals surface area contributed by atoms with Gasteiger partial charge in [-0.2, -0.15) is 5.10 Å². The number of rotatable bonds is 3. The van der Waals surface area contributed by atoms with Crippen LogP contribution in [0.1, 0.15) is 22.3 Å². The molecule has 0 unspecified atom stereocenters. The van der Waals surface area contributed by atoms with E-state index in [-0.39, 0.29) is 5.91 Å². The minimum Gasteiger partial charge on any atom is -0.335 e. The van der Waals surface area contributed by atoms with Gasteiger partial charge in [0.15, 0.2) is 0 Å². The number of carbonyl (C=O) groups is 1. The van der Waals surface area contributed by atoms with Crippen molar-refractivity contribution in [1.29, 1.82) is 0 Å². The summed E-state index contributed by atoms with van der Waals surface area (Å²) in [5.74, 6) is 0.124. The first-order chi connectivity index (χ1) is 12.6. The minimum absolute atomic E-state index is 0.124. The summed E-state index contributed by atoms with van der Waals surface area (Å²) in [5, 5.41) is 6.34. The van der Waals surface area contributed by atoms with Crippen molar-refractivity contribution in [2.45, 2.75) is 13.8 Å². The Labute approximate surface area is 161 Å². The zero-order valence-corrected chi connectivity index (χ0v) is 16.5. The lowest BCUT2D eigenvalue weighted by atomic mass is 10.2. The molecule has 7 heteroatoms. The summed E-state index contributed by atoms with van der Waals surface area (Å²) >= 11 is 7.64. The van der Waals surface area contributed by atoms with E-state index in [1.807, 2.05) is 46.8 Å². The summed E-state index contributed by atoms with van der Waals surface area (Å²) < 4.78 is 1.88. The maximum atomic E-state index is 12.9. The van der Waals surface area contributed by atoms with Crippen LogP contribution < -0.4 is 0 Å². The number of piperazine rings is 1. The zero-order chi connectivity index (χ0) is 18.3.